The van der Waals surface area contributed by atoms with Crippen molar-refractivity contribution in [2.24, 2.45) is 0 Å². The van der Waals surface area contributed by atoms with Crippen LogP contribution in [0.5, 0.6) is 6.01 Å². The van der Waals surface area contributed by atoms with Gasteiger partial charge in [-0.25, -0.2) is 6.57 Å². The molecule has 1 unspecified atom stereocenters. The Morgan fingerprint density at radius 3 is 2.81 bits per heavy atom. The standard InChI is InChI=1S/C32H37N7O3/c1-4-30(40)39-15-14-38(19-24(39)18-33-2)31-27-12-13-37(29-11-7-9-23-8-5-6-10-26(23)29)21-28(27)34-32(35-31)42-22-25-20-36(3)16-17-41-25/h4-11,24-25H,1,12-22H2,3H3/t24?,25-/m1/s1. The van der Waals surface area contributed by atoms with E-state index in [0.29, 0.717) is 45.4 Å². The number of hydrogen-bond donors (Lipinski definition) is 0. The van der Waals surface area contributed by atoms with Crippen molar-refractivity contribution in [1.82, 2.24) is 19.8 Å². The molecule has 1 amide bonds. The summed E-state index contributed by atoms with van der Waals surface area (Å²) in [5, 5.41) is 2.43. The van der Waals surface area contributed by atoms with E-state index in [9.17, 15) is 4.79 Å². The van der Waals surface area contributed by atoms with Crippen molar-refractivity contribution in [3.8, 4) is 6.01 Å². The zero-order chi connectivity index (χ0) is 29.1. The molecule has 2 saturated heterocycles. The number of piperazine rings is 1. The molecule has 3 aliphatic rings. The minimum atomic E-state index is -0.237. The molecule has 6 rings (SSSR count). The van der Waals surface area contributed by atoms with Crippen LogP contribution in [0.4, 0.5) is 11.5 Å². The highest BCUT2D eigenvalue weighted by atomic mass is 16.5. The quantitative estimate of drug-likeness (QED) is 0.319. The molecule has 3 aliphatic heterocycles. The first-order valence-electron chi connectivity index (χ1n) is 14.6. The molecular weight excluding hydrogens is 530 g/mol. The Morgan fingerprint density at radius 1 is 1.12 bits per heavy atom. The third-order valence-corrected chi connectivity index (χ3v) is 8.41. The maximum Gasteiger partial charge on any atom is 0.318 e. The molecule has 10 nitrogen and oxygen atoms in total. The maximum atomic E-state index is 12.5. The SMILES string of the molecule is [C-]#[N+]CC1CN(c2nc(OC[C@H]3CN(C)CCO3)nc3c2CCN(c2cccc4ccccc24)C3)CCN1C(=O)C=C. The van der Waals surface area contributed by atoms with E-state index >= 15 is 0 Å². The molecule has 0 N–H and O–H groups in total. The van der Waals surface area contributed by atoms with Gasteiger partial charge in [0.1, 0.15) is 24.6 Å². The summed E-state index contributed by atoms with van der Waals surface area (Å²) in [6.07, 6.45) is 2.07. The number of aromatic nitrogens is 2. The second-order valence-electron chi connectivity index (χ2n) is 11.2. The van der Waals surface area contributed by atoms with Crippen LogP contribution in [0.2, 0.25) is 0 Å². The van der Waals surface area contributed by atoms with Crippen LogP contribution < -0.4 is 14.5 Å². The van der Waals surface area contributed by atoms with Crippen LogP contribution in [0.3, 0.4) is 0 Å². The smallest absolute Gasteiger partial charge is 0.318 e. The van der Waals surface area contributed by atoms with Crippen LogP contribution in [0.15, 0.2) is 55.1 Å². The molecular formula is C32H37N7O3. The predicted molar refractivity (Wildman–Crippen MR) is 163 cm³/mol. The van der Waals surface area contributed by atoms with Crippen molar-refractivity contribution in [2.75, 3.05) is 75.9 Å². The lowest BCUT2D eigenvalue weighted by molar-refractivity contribution is -0.128. The van der Waals surface area contributed by atoms with Gasteiger partial charge in [-0.3, -0.25) is 4.79 Å². The fourth-order valence-corrected chi connectivity index (χ4v) is 6.26. The average Bonchev–Trinajstić information content (AvgIpc) is 3.02. The van der Waals surface area contributed by atoms with E-state index in [-0.39, 0.29) is 24.6 Å². The monoisotopic (exact) mass is 567 g/mol. The summed E-state index contributed by atoms with van der Waals surface area (Å²) in [6.45, 7) is 17.2. The van der Waals surface area contributed by atoms with Crippen LogP contribution in [-0.4, -0.2) is 104 Å². The van der Waals surface area contributed by atoms with E-state index in [1.165, 1.54) is 22.5 Å². The predicted octanol–water partition coefficient (Wildman–Crippen LogP) is 3.02. The van der Waals surface area contributed by atoms with E-state index in [1.807, 2.05) is 0 Å². The summed E-state index contributed by atoms with van der Waals surface area (Å²) in [4.78, 5) is 34.6. The normalized spacial score (nSPS) is 21.1. The zero-order valence-corrected chi connectivity index (χ0v) is 24.1. The molecule has 2 fully saturated rings. The van der Waals surface area contributed by atoms with Crippen molar-refractivity contribution in [2.45, 2.75) is 25.1 Å². The van der Waals surface area contributed by atoms with E-state index in [0.717, 1.165) is 43.1 Å². The molecule has 218 valence electrons. The number of nitrogens with zero attached hydrogens (tertiary/aromatic N) is 7. The Balaban J connectivity index is 1.31. The van der Waals surface area contributed by atoms with Gasteiger partial charge in [0.05, 0.1) is 18.8 Å². The molecule has 2 aromatic carbocycles. The van der Waals surface area contributed by atoms with E-state index in [2.05, 4.69) is 75.6 Å². The Hall–Kier alpha value is -4.20. The Kier molecular flexibility index (Phi) is 8.22. The molecule has 10 heteroatoms. The van der Waals surface area contributed by atoms with Crippen LogP contribution >= 0.6 is 0 Å². The third kappa shape index (κ3) is 5.75. The minimum Gasteiger partial charge on any atom is -0.461 e. The van der Waals surface area contributed by atoms with Crippen molar-refractivity contribution >= 4 is 28.2 Å². The number of morpholine rings is 1. The van der Waals surface area contributed by atoms with Crippen molar-refractivity contribution in [1.29, 1.82) is 0 Å². The first-order valence-corrected chi connectivity index (χ1v) is 14.6. The van der Waals surface area contributed by atoms with E-state index in [1.54, 1.807) is 4.90 Å². The molecule has 0 aliphatic carbocycles. The average molecular weight is 568 g/mol. The first kappa shape index (κ1) is 27.9. The van der Waals surface area contributed by atoms with Crippen LogP contribution in [-0.2, 0) is 22.5 Å². The van der Waals surface area contributed by atoms with Crippen molar-refractivity contribution < 1.29 is 14.3 Å². The lowest BCUT2D eigenvalue weighted by Crippen LogP contribution is -2.56. The van der Waals surface area contributed by atoms with Gasteiger partial charge in [-0.15, -0.1) is 0 Å². The molecule has 0 radical (unpaired) electrons. The zero-order valence-electron chi connectivity index (χ0n) is 24.1. The van der Waals surface area contributed by atoms with Gasteiger partial charge in [-0.1, -0.05) is 43.0 Å². The van der Waals surface area contributed by atoms with Gasteiger partial charge in [-0.05, 0) is 31.0 Å². The topological polar surface area (TPSA) is 78.6 Å². The lowest BCUT2D eigenvalue weighted by Gasteiger charge is -2.41. The largest absolute Gasteiger partial charge is 0.461 e. The maximum absolute atomic E-state index is 12.5. The van der Waals surface area contributed by atoms with Gasteiger partial charge in [0.25, 0.3) is 0 Å². The number of hydrogen-bond acceptors (Lipinski definition) is 8. The fraction of sp³-hybridized carbons (Fsp3) is 0.438. The molecule has 1 aromatic heterocycles. The van der Waals surface area contributed by atoms with Gasteiger partial charge in [0.15, 0.2) is 0 Å². The van der Waals surface area contributed by atoms with Gasteiger partial charge in [0.2, 0.25) is 12.5 Å². The Labute approximate surface area is 247 Å². The number of fused-ring (bicyclic) bond motifs is 2. The van der Waals surface area contributed by atoms with Crippen LogP contribution in [0.1, 0.15) is 11.3 Å². The number of anilines is 2. The van der Waals surface area contributed by atoms with Crippen LogP contribution in [0, 0.1) is 6.57 Å². The van der Waals surface area contributed by atoms with Gasteiger partial charge < -0.3 is 33.9 Å². The van der Waals surface area contributed by atoms with Crippen LogP contribution in [0.25, 0.3) is 15.6 Å². The van der Waals surface area contributed by atoms with Gasteiger partial charge in [0, 0.05) is 55.9 Å². The highest BCUT2D eigenvalue weighted by Gasteiger charge is 2.35. The molecule has 0 spiro atoms. The highest BCUT2D eigenvalue weighted by molar-refractivity contribution is 5.94. The van der Waals surface area contributed by atoms with Crippen molar-refractivity contribution in [3.05, 3.63) is 77.8 Å². The highest BCUT2D eigenvalue weighted by Crippen LogP contribution is 2.34. The summed E-state index contributed by atoms with van der Waals surface area (Å²) in [5.74, 6) is 0.704. The molecule has 0 bridgehead atoms. The Bertz CT molecular complexity index is 1500. The molecule has 42 heavy (non-hydrogen) atoms. The lowest BCUT2D eigenvalue weighted by atomic mass is 10.0. The van der Waals surface area contributed by atoms with Gasteiger partial charge >= 0.3 is 6.01 Å². The van der Waals surface area contributed by atoms with E-state index < -0.39 is 0 Å². The number of rotatable bonds is 7. The second-order valence-corrected chi connectivity index (χ2v) is 11.2. The van der Waals surface area contributed by atoms with Gasteiger partial charge in [-0.2, -0.15) is 9.97 Å². The number of carbonyl (C=O) groups excluding carboxylic acids is 1. The minimum absolute atomic E-state index is 0.0458. The second kappa shape index (κ2) is 12.3. The number of amides is 1. The summed E-state index contributed by atoms with van der Waals surface area (Å²) < 4.78 is 12.1. The molecule has 0 saturated carbocycles. The molecule has 2 atom stereocenters. The first-order chi connectivity index (χ1) is 20.5. The summed E-state index contributed by atoms with van der Waals surface area (Å²) in [7, 11) is 2.08. The Morgan fingerprint density at radius 2 is 1.98 bits per heavy atom. The summed E-state index contributed by atoms with van der Waals surface area (Å²) in [5.41, 5.74) is 3.24. The van der Waals surface area contributed by atoms with E-state index in [4.69, 9.17) is 26.0 Å². The number of ether oxygens (including phenoxy) is 2. The number of benzene rings is 2. The van der Waals surface area contributed by atoms with Crippen molar-refractivity contribution in [3.63, 3.8) is 0 Å². The fourth-order valence-electron chi connectivity index (χ4n) is 6.26. The molecule has 4 heterocycles. The number of carbonyl (C=O) groups is 1. The third-order valence-electron chi connectivity index (χ3n) is 8.41. The number of likely N-dealkylation sites (N-methyl/N-ethyl adjacent to an activating group) is 1. The summed E-state index contributed by atoms with van der Waals surface area (Å²) in [6, 6.07) is 15.0. The summed E-state index contributed by atoms with van der Waals surface area (Å²) >= 11 is 0. The molecule has 3 aromatic rings.